The highest BCUT2D eigenvalue weighted by Gasteiger charge is 2.29. The average Bonchev–Trinajstić information content (AvgIpc) is 2.48. The lowest BCUT2D eigenvalue weighted by Gasteiger charge is -2.30. The molecule has 98 valence electrons. The molecule has 4 nitrogen and oxygen atoms in total. The van der Waals surface area contributed by atoms with Gasteiger partial charge in [0.2, 0.25) is 5.91 Å². The van der Waals surface area contributed by atoms with Gasteiger partial charge >= 0.3 is 0 Å². The Morgan fingerprint density at radius 2 is 2.17 bits per heavy atom. The van der Waals surface area contributed by atoms with Crippen LogP contribution in [0.1, 0.15) is 20.3 Å². The highest BCUT2D eigenvalue weighted by Crippen LogP contribution is 2.24. The Hall–Kier alpha value is -1.55. The maximum Gasteiger partial charge on any atom is 0.228 e. The van der Waals surface area contributed by atoms with Crippen molar-refractivity contribution in [2.45, 2.75) is 25.8 Å². The lowest BCUT2D eigenvalue weighted by Crippen LogP contribution is -2.47. The summed E-state index contributed by atoms with van der Waals surface area (Å²) in [6, 6.07) is 7.64. The summed E-state index contributed by atoms with van der Waals surface area (Å²) in [5.74, 6) is 0.927. The molecule has 1 aromatic carbocycles. The van der Waals surface area contributed by atoms with Gasteiger partial charge in [-0.15, -0.1) is 0 Å². The Bertz CT molecular complexity index is 443. The lowest BCUT2D eigenvalue weighted by atomic mass is 10.1. The number of methoxy groups -OCH3 is 1. The maximum atomic E-state index is 12.1. The van der Waals surface area contributed by atoms with E-state index in [-0.39, 0.29) is 11.4 Å². The fourth-order valence-electron chi connectivity index (χ4n) is 2.20. The molecular weight excluding hydrogens is 228 g/mol. The zero-order valence-electron chi connectivity index (χ0n) is 11.2. The van der Waals surface area contributed by atoms with Crippen molar-refractivity contribution in [2.75, 3.05) is 25.1 Å². The van der Waals surface area contributed by atoms with E-state index < -0.39 is 0 Å². The Morgan fingerprint density at radius 3 is 2.89 bits per heavy atom. The molecule has 0 unspecified atom stereocenters. The number of carbonyl (C=O) groups excluding carboxylic acids is 1. The summed E-state index contributed by atoms with van der Waals surface area (Å²) in [5.41, 5.74) is 0.825. The van der Waals surface area contributed by atoms with E-state index in [2.05, 4.69) is 19.2 Å². The van der Waals surface area contributed by atoms with Crippen LogP contribution in [0.3, 0.4) is 0 Å². The summed E-state index contributed by atoms with van der Waals surface area (Å²) in [7, 11) is 1.63. The van der Waals surface area contributed by atoms with Gasteiger partial charge in [-0.25, -0.2) is 0 Å². The van der Waals surface area contributed by atoms with Crippen LogP contribution in [0.2, 0.25) is 0 Å². The molecule has 1 N–H and O–H groups in total. The Labute approximate surface area is 108 Å². The van der Waals surface area contributed by atoms with E-state index in [1.54, 1.807) is 7.11 Å². The third-order valence-corrected chi connectivity index (χ3v) is 3.16. The van der Waals surface area contributed by atoms with Gasteiger partial charge in [0, 0.05) is 36.8 Å². The molecule has 1 aliphatic heterocycles. The maximum absolute atomic E-state index is 12.1. The fraction of sp³-hybridized carbons (Fsp3) is 0.500. The molecule has 0 bridgehead atoms. The van der Waals surface area contributed by atoms with Crippen molar-refractivity contribution in [2.24, 2.45) is 0 Å². The fourth-order valence-corrected chi connectivity index (χ4v) is 2.20. The minimum Gasteiger partial charge on any atom is -0.497 e. The predicted molar refractivity (Wildman–Crippen MR) is 72.0 cm³/mol. The van der Waals surface area contributed by atoms with Crippen molar-refractivity contribution < 1.29 is 9.53 Å². The summed E-state index contributed by atoms with van der Waals surface area (Å²) in [5, 5.41) is 3.39. The van der Waals surface area contributed by atoms with E-state index in [0.29, 0.717) is 13.0 Å². The molecule has 1 amide bonds. The van der Waals surface area contributed by atoms with Gasteiger partial charge in [-0.3, -0.25) is 4.79 Å². The van der Waals surface area contributed by atoms with Crippen LogP contribution >= 0.6 is 0 Å². The van der Waals surface area contributed by atoms with Crippen LogP contribution in [0.25, 0.3) is 0 Å². The monoisotopic (exact) mass is 248 g/mol. The molecule has 0 aliphatic carbocycles. The second-order valence-electron chi connectivity index (χ2n) is 5.24. The van der Waals surface area contributed by atoms with E-state index in [4.69, 9.17) is 4.74 Å². The van der Waals surface area contributed by atoms with Gasteiger partial charge in [-0.2, -0.15) is 0 Å². The molecule has 0 radical (unpaired) electrons. The molecule has 1 aliphatic rings. The van der Waals surface area contributed by atoms with Gasteiger partial charge < -0.3 is 15.0 Å². The number of benzene rings is 1. The van der Waals surface area contributed by atoms with Crippen molar-refractivity contribution >= 4 is 11.6 Å². The zero-order chi connectivity index (χ0) is 13.2. The van der Waals surface area contributed by atoms with E-state index >= 15 is 0 Å². The molecule has 0 spiro atoms. The Morgan fingerprint density at radius 1 is 1.39 bits per heavy atom. The second-order valence-corrected chi connectivity index (χ2v) is 5.24. The molecule has 0 aromatic heterocycles. The SMILES string of the molecule is COc1cccc(N2CC(C)(C)NCCC2=O)c1. The Kier molecular flexibility index (Phi) is 3.57. The number of nitrogens with zero attached hydrogens (tertiary/aromatic N) is 1. The number of carbonyl (C=O) groups is 1. The summed E-state index contributed by atoms with van der Waals surface area (Å²) >= 11 is 0. The van der Waals surface area contributed by atoms with Crippen LogP contribution in [-0.4, -0.2) is 31.6 Å². The van der Waals surface area contributed by atoms with Crippen LogP contribution in [0.5, 0.6) is 5.75 Å². The van der Waals surface area contributed by atoms with Gasteiger partial charge in [-0.1, -0.05) is 6.07 Å². The number of anilines is 1. The van der Waals surface area contributed by atoms with Gasteiger partial charge in [0.25, 0.3) is 0 Å². The molecule has 0 saturated carbocycles. The van der Waals surface area contributed by atoms with Crippen molar-refractivity contribution in [1.82, 2.24) is 5.32 Å². The molecule has 1 heterocycles. The number of hydrogen-bond acceptors (Lipinski definition) is 3. The summed E-state index contributed by atoms with van der Waals surface area (Å²) < 4.78 is 5.21. The van der Waals surface area contributed by atoms with Crippen LogP contribution < -0.4 is 15.0 Å². The standard InChI is InChI=1S/C14H20N2O2/c1-14(2)10-16(13(17)7-8-15-14)11-5-4-6-12(9-11)18-3/h4-6,9,15H,7-8,10H2,1-3H3. The topological polar surface area (TPSA) is 41.6 Å². The van der Waals surface area contributed by atoms with Gasteiger partial charge in [0.1, 0.15) is 5.75 Å². The summed E-state index contributed by atoms with van der Waals surface area (Å²) in [6.07, 6.45) is 0.528. The van der Waals surface area contributed by atoms with E-state index in [0.717, 1.165) is 18.0 Å². The van der Waals surface area contributed by atoms with E-state index in [9.17, 15) is 4.79 Å². The highest BCUT2D eigenvalue weighted by atomic mass is 16.5. The van der Waals surface area contributed by atoms with Crippen LogP contribution in [-0.2, 0) is 4.79 Å². The lowest BCUT2D eigenvalue weighted by molar-refractivity contribution is -0.118. The zero-order valence-corrected chi connectivity index (χ0v) is 11.2. The number of hydrogen-bond donors (Lipinski definition) is 1. The van der Waals surface area contributed by atoms with Gasteiger partial charge in [-0.05, 0) is 26.0 Å². The Balaban J connectivity index is 2.30. The molecule has 0 atom stereocenters. The largest absolute Gasteiger partial charge is 0.497 e. The van der Waals surface area contributed by atoms with Crippen molar-refractivity contribution in [3.8, 4) is 5.75 Å². The molecular formula is C14H20N2O2. The van der Waals surface area contributed by atoms with Crippen LogP contribution in [0.15, 0.2) is 24.3 Å². The smallest absolute Gasteiger partial charge is 0.228 e. The van der Waals surface area contributed by atoms with Crippen molar-refractivity contribution in [3.05, 3.63) is 24.3 Å². The van der Waals surface area contributed by atoms with Crippen molar-refractivity contribution in [1.29, 1.82) is 0 Å². The number of ether oxygens (including phenoxy) is 1. The average molecular weight is 248 g/mol. The normalized spacial score (nSPS) is 19.5. The van der Waals surface area contributed by atoms with Crippen LogP contribution in [0, 0.1) is 0 Å². The number of amides is 1. The highest BCUT2D eigenvalue weighted by molar-refractivity contribution is 5.94. The minimum absolute atomic E-state index is 0.0742. The van der Waals surface area contributed by atoms with Gasteiger partial charge in [0.15, 0.2) is 0 Å². The van der Waals surface area contributed by atoms with Crippen molar-refractivity contribution in [3.63, 3.8) is 0 Å². The van der Waals surface area contributed by atoms with E-state index in [1.807, 2.05) is 29.2 Å². The first-order chi connectivity index (χ1) is 8.52. The molecule has 18 heavy (non-hydrogen) atoms. The first kappa shape index (κ1) is 12.9. The molecule has 4 heteroatoms. The minimum atomic E-state index is -0.0742. The van der Waals surface area contributed by atoms with Crippen LogP contribution in [0.4, 0.5) is 5.69 Å². The first-order valence-electron chi connectivity index (χ1n) is 6.21. The van der Waals surface area contributed by atoms with Gasteiger partial charge in [0.05, 0.1) is 7.11 Å². The molecule has 1 fully saturated rings. The van der Waals surface area contributed by atoms with E-state index in [1.165, 1.54) is 0 Å². The predicted octanol–water partition coefficient (Wildman–Crippen LogP) is 1.80. The first-order valence-corrected chi connectivity index (χ1v) is 6.21. The third kappa shape index (κ3) is 2.82. The molecule has 1 saturated heterocycles. The molecule has 2 rings (SSSR count). The summed E-state index contributed by atoms with van der Waals surface area (Å²) in [4.78, 5) is 14.0. The molecule has 1 aromatic rings. The number of rotatable bonds is 2. The third-order valence-electron chi connectivity index (χ3n) is 3.16. The summed E-state index contributed by atoms with van der Waals surface area (Å²) in [6.45, 7) is 5.61. The second kappa shape index (κ2) is 4.98. The quantitative estimate of drug-likeness (QED) is 0.867. The number of nitrogens with one attached hydrogen (secondary N) is 1.